The minimum atomic E-state index is -3.16. The van der Waals surface area contributed by atoms with Crippen LogP contribution < -0.4 is 0 Å². The van der Waals surface area contributed by atoms with Gasteiger partial charge in [-0.3, -0.25) is 9.59 Å². The van der Waals surface area contributed by atoms with E-state index in [1.807, 2.05) is 26.8 Å². The Bertz CT molecular complexity index is 937. The van der Waals surface area contributed by atoms with Gasteiger partial charge >= 0.3 is 0 Å². The molecule has 0 N–H and O–H groups in total. The molecule has 0 aromatic carbocycles. The first kappa shape index (κ1) is 22.9. The largest absolute Gasteiger partial charge is 0.346 e. The summed E-state index contributed by atoms with van der Waals surface area (Å²) in [6.07, 6.45) is 2.92. The predicted molar refractivity (Wildman–Crippen MR) is 116 cm³/mol. The lowest BCUT2D eigenvalue weighted by atomic mass is 9.46. The van der Waals surface area contributed by atoms with Crippen LogP contribution in [-0.4, -0.2) is 46.2 Å². The molecule has 3 saturated carbocycles. The molecule has 5 aliphatic rings. The van der Waals surface area contributed by atoms with Crippen LogP contribution in [0, 0.1) is 22.7 Å². The molecule has 0 bridgehead atoms. The third-order valence-corrected chi connectivity index (χ3v) is 10.8. The van der Waals surface area contributed by atoms with Crippen molar-refractivity contribution in [3.05, 3.63) is 23.8 Å². The number of fused-ring (bicyclic) bond motifs is 7. The smallest absolute Gasteiger partial charge is 0.299 e. The molecule has 0 aromatic rings. The van der Waals surface area contributed by atoms with Crippen molar-refractivity contribution in [3.63, 3.8) is 0 Å². The van der Waals surface area contributed by atoms with Gasteiger partial charge in [0, 0.05) is 10.8 Å². The zero-order chi connectivity index (χ0) is 23.3. The molecule has 176 valence electrons. The molecule has 4 nitrogen and oxygen atoms in total. The minimum absolute atomic E-state index is 0.0627. The molecular weight excluding hydrogens is 461 g/mol. The first-order valence-electron chi connectivity index (χ1n) is 11.4. The molecule has 1 aliphatic heterocycles. The molecule has 8 heteroatoms. The molecule has 0 amide bonds. The second-order valence-corrected chi connectivity index (χ2v) is 11.6. The number of alkyl halides is 4. The van der Waals surface area contributed by atoms with Crippen LogP contribution in [0.5, 0.6) is 0 Å². The summed E-state index contributed by atoms with van der Waals surface area (Å²) >= 11 is 14.5. The summed E-state index contributed by atoms with van der Waals surface area (Å²) in [6, 6.07) is 0. The molecule has 9 atom stereocenters. The maximum absolute atomic E-state index is 13.9. The number of hydrogen-bond donors (Lipinski definition) is 0. The third kappa shape index (κ3) is 2.50. The summed E-state index contributed by atoms with van der Waals surface area (Å²) in [4.78, 5) is 24.2. The van der Waals surface area contributed by atoms with E-state index in [2.05, 4.69) is 0 Å². The van der Waals surface area contributed by atoms with Gasteiger partial charge in [-0.05, 0) is 56.1 Å². The van der Waals surface area contributed by atoms with Gasteiger partial charge in [-0.2, -0.15) is 0 Å². The standard InChI is InChI=1S/C24H28Cl2F2O4/c1-4-18-31-17-10-15-14-6-5-12-9-13(29)7-8-21(12,2)23(14,26)16(25)11-22(15,3)24(17,32-18)19(30)20(27)28/h7-9,14-18,20H,4-6,10-11H2,1-3H3/t14-,15-,16-,17+,18?,21-,22-,23-,24-/m0/s1. The fourth-order valence-electron chi connectivity index (χ4n) is 7.74. The Morgan fingerprint density at radius 2 is 2.03 bits per heavy atom. The van der Waals surface area contributed by atoms with Crippen molar-refractivity contribution < 1.29 is 27.8 Å². The maximum Gasteiger partial charge on any atom is 0.299 e. The Morgan fingerprint density at radius 3 is 2.69 bits per heavy atom. The van der Waals surface area contributed by atoms with Crippen molar-refractivity contribution in [1.82, 2.24) is 0 Å². The molecule has 1 heterocycles. The molecule has 1 unspecified atom stereocenters. The van der Waals surface area contributed by atoms with Crippen LogP contribution in [0.15, 0.2) is 23.8 Å². The third-order valence-electron chi connectivity index (χ3n) is 9.29. The summed E-state index contributed by atoms with van der Waals surface area (Å²) in [5, 5.41) is -0.618. The molecule has 1 saturated heterocycles. The lowest BCUT2D eigenvalue weighted by molar-refractivity contribution is -0.188. The van der Waals surface area contributed by atoms with Gasteiger partial charge in [0.25, 0.3) is 6.43 Å². The van der Waals surface area contributed by atoms with E-state index < -0.39 is 51.3 Å². The topological polar surface area (TPSA) is 52.6 Å². The van der Waals surface area contributed by atoms with Gasteiger partial charge in [0.05, 0.1) is 16.4 Å². The molecule has 0 radical (unpaired) electrons. The van der Waals surface area contributed by atoms with Crippen molar-refractivity contribution >= 4 is 34.8 Å². The highest BCUT2D eigenvalue weighted by Crippen LogP contribution is 2.73. The number of carbonyl (C=O) groups is 2. The number of rotatable bonds is 3. The van der Waals surface area contributed by atoms with E-state index in [0.717, 1.165) is 5.57 Å². The van der Waals surface area contributed by atoms with Crippen LogP contribution in [0.25, 0.3) is 0 Å². The summed E-state index contributed by atoms with van der Waals surface area (Å²) < 4.78 is 39.9. The highest BCUT2D eigenvalue weighted by molar-refractivity contribution is 6.34. The number of ether oxygens (including phenoxy) is 2. The van der Waals surface area contributed by atoms with E-state index in [0.29, 0.717) is 25.7 Å². The second-order valence-electron chi connectivity index (χ2n) is 10.4. The van der Waals surface area contributed by atoms with E-state index in [-0.39, 0.29) is 24.0 Å². The van der Waals surface area contributed by atoms with Gasteiger partial charge in [-0.15, -0.1) is 23.2 Å². The summed E-state index contributed by atoms with van der Waals surface area (Å²) in [6.45, 7) is 5.71. The van der Waals surface area contributed by atoms with E-state index in [4.69, 9.17) is 32.7 Å². The highest BCUT2D eigenvalue weighted by Gasteiger charge is 2.79. The maximum atomic E-state index is 13.9. The summed E-state index contributed by atoms with van der Waals surface area (Å²) in [5.74, 6) is -1.59. The molecule has 32 heavy (non-hydrogen) atoms. The van der Waals surface area contributed by atoms with E-state index >= 15 is 0 Å². The van der Waals surface area contributed by atoms with Crippen LogP contribution in [0.2, 0.25) is 0 Å². The molecule has 4 fully saturated rings. The number of carbonyl (C=O) groups excluding carboxylic acids is 2. The zero-order valence-electron chi connectivity index (χ0n) is 18.4. The van der Waals surface area contributed by atoms with Gasteiger partial charge in [0.2, 0.25) is 5.78 Å². The van der Waals surface area contributed by atoms with Crippen LogP contribution in [0.4, 0.5) is 8.78 Å². The van der Waals surface area contributed by atoms with Crippen molar-refractivity contribution in [2.24, 2.45) is 22.7 Å². The van der Waals surface area contributed by atoms with Crippen molar-refractivity contribution in [3.8, 4) is 0 Å². The molecular formula is C24H28Cl2F2O4. The Hall–Kier alpha value is -0.820. The van der Waals surface area contributed by atoms with Crippen LogP contribution in [-0.2, 0) is 19.1 Å². The van der Waals surface area contributed by atoms with Gasteiger partial charge < -0.3 is 9.47 Å². The number of hydrogen-bond acceptors (Lipinski definition) is 4. The lowest BCUT2D eigenvalue weighted by Crippen LogP contribution is -2.68. The van der Waals surface area contributed by atoms with Crippen LogP contribution in [0.3, 0.4) is 0 Å². The van der Waals surface area contributed by atoms with Gasteiger partial charge in [0.15, 0.2) is 17.7 Å². The highest BCUT2D eigenvalue weighted by atomic mass is 35.5. The normalized spacial score (nSPS) is 51.7. The van der Waals surface area contributed by atoms with Gasteiger partial charge in [-0.25, -0.2) is 8.78 Å². The summed E-state index contributed by atoms with van der Waals surface area (Å²) in [7, 11) is 0. The number of allylic oxidation sites excluding steroid dienone is 4. The Labute approximate surface area is 196 Å². The molecule has 0 spiro atoms. The van der Waals surface area contributed by atoms with Crippen molar-refractivity contribution in [2.45, 2.75) is 87.5 Å². The Balaban J connectivity index is 1.62. The van der Waals surface area contributed by atoms with Crippen LogP contribution >= 0.6 is 23.2 Å². The second kappa shape index (κ2) is 7.10. The Morgan fingerprint density at radius 1 is 1.31 bits per heavy atom. The number of ketones is 2. The summed E-state index contributed by atoms with van der Waals surface area (Å²) in [5.41, 5.74) is -2.34. The molecule has 5 rings (SSSR count). The quantitative estimate of drug-likeness (QED) is 0.511. The number of Topliss-reactive ketones (excluding diaryl/α,β-unsaturated/α-hetero) is 1. The van der Waals surface area contributed by atoms with E-state index in [9.17, 15) is 18.4 Å². The zero-order valence-corrected chi connectivity index (χ0v) is 19.9. The number of halogens is 4. The van der Waals surface area contributed by atoms with E-state index in [1.54, 1.807) is 6.08 Å². The van der Waals surface area contributed by atoms with Crippen molar-refractivity contribution in [2.75, 3.05) is 0 Å². The molecule has 4 aliphatic carbocycles. The van der Waals surface area contributed by atoms with Crippen molar-refractivity contribution in [1.29, 1.82) is 0 Å². The average molecular weight is 489 g/mol. The fourth-order valence-corrected chi connectivity index (χ4v) is 8.97. The molecule has 0 aromatic heterocycles. The lowest BCUT2D eigenvalue weighted by Gasteiger charge is -2.64. The monoisotopic (exact) mass is 488 g/mol. The Kier molecular flexibility index (Phi) is 5.09. The first-order chi connectivity index (χ1) is 15.0. The van der Waals surface area contributed by atoms with Crippen LogP contribution in [0.1, 0.15) is 52.9 Å². The SMILES string of the molecule is CCC1O[C@@H]2C[C@H]3[C@@H]4CCC5=CC(=O)C=C[C@]5(C)[C@@]4(Cl)[C@@H](Cl)C[C@]3(C)[C@]2(C(=O)C(F)F)O1. The fraction of sp³-hybridized carbons (Fsp3) is 0.750. The van der Waals surface area contributed by atoms with Gasteiger partial charge in [0.1, 0.15) is 0 Å². The van der Waals surface area contributed by atoms with E-state index in [1.165, 1.54) is 6.08 Å². The minimum Gasteiger partial charge on any atom is -0.346 e. The van der Waals surface area contributed by atoms with Gasteiger partial charge in [-0.1, -0.05) is 32.4 Å². The first-order valence-corrected chi connectivity index (χ1v) is 12.2. The predicted octanol–water partition coefficient (Wildman–Crippen LogP) is 5.21. The average Bonchev–Trinajstić information content (AvgIpc) is 3.22.